The average Bonchev–Trinajstić information content (AvgIpc) is 3.02. The fourth-order valence-electron chi connectivity index (χ4n) is 2.95. The van der Waals surface area contributed by atoms with Crippen molar-refractivity contribution in [2.24, 2.45) is 0 Å². The SMILES string of the molecule is O=C1ON(c2ccccc2)[C@@H](c2ccc(F)cc2)N1c1ccc(Cl)c(Cl)c1. The van der Waals surface area contributed by atoms with Crippen LogP contribution in [0.1, 0.15) is 11.7 Å². The van der Waals surface area contributed by atoms with Crippen molar-refractivity contribution in [1.82, 2.24) is 0 Å². The van der Waals surface area contributed by atoms with E-state index in [0.29, 0.717) is 27.0 Å². The molecule has 1 aliphatic heterocycles. The van der Waals surface area contributed by atoms with Gasteiger partial charge in [0.1, 0.15) is 5.82 Å². The third kappa shape index (κ3) is 3.31. The third-order valence-corrected chi connectivity index (χ3v) is 4.94. The van der Waals surface area contributed by atoms with Gasteiger partial charge in [-0.2, -0.15) is 5.06 Å². The van der Waals surface area contributed by atoms with Gasteiger partial charge in [-0.1, -0.05) is 53.5 Å². The number of nitrogens with zero attached hydrogens (tertiary/aromatic N) is 2. The zero-order valence-electron chi connectivity index (χ0n) is 13.9. The van der Waals surface area contributed by atoms with E-state index in [9.17, 15) is 9.18 Å². The van der Waals surface area contributed by atoms with E-state index in [4.69, 9.17) is 28.0 Å². The zero-order valence-corrected chi connectivity index (χ0v) is 15.4. The molecule has 0 radical (unpaired) electrons. The summed E-state index contributed by atoms with van der Waals surface area (Å²) in [5, 5.41) is 2.18. The van der Waals surface area contributed by atoms with Crippen LogP contribution in [0, 0.1) is 5.82 Å². The lowest BCUT2D eigenvalue weighted by atomic mass is 10.1. The molecule has 0 bridgehead atoms. The van der Waals surface area contributed by atoms with Crippen LogP contribution in [0.25, 0.3) is 0 Å². The number of anilines is 2. The molecule has 1 saturated heterocycles. The first kappa shape index (κ1) is 17.6. The highest BCUT2D eigenvalue weighted by Crippen LogP contribution is 2.40. The zero-order chi connectivity index (χ0) is 19.0. The maximum absolute atomic E-state index is 13.4. The summed E-state index contributed by atoms with van der Waals surface area (Å²) in [6.07, 6.45) is -1.22. The number of hydrogen-bond acceptors (Lipinski definition) is 3. The van der Waals surface area contributed by atoms with Gasteiger partial charge >= 0.3 is 6.09 Å². The summed E-state index contributed by atoms with van der Waals surface area (Å²) in [4.78, 5) is 19.7. The number of amides is 1. The number of hydroxylamine groups is 1. The molecule has 0 spiro atoms. The van der Waals surface area contributed by atoms with Crippen molar-refractivity contribution in [2.45, 2.75) is 6.17 Å². The molecule has 1 aliphatic rings. The molecule has 1 heterocycles. The smallest absolute Gasteiger partial charge is 0.319 e. The van der Waals surface area contributed by atoms with Crippen molar-refractivity contribution in [1.29, 1.82) is 0 Å². The second kappa shape index (κ2) is 7.10. The van der Waals surface area contributed by atoms with Crippen LogP contribution >= 0.6 is 23.2 Å². The number of hydrogen-bond donors (Lipinski definition) is 0. The molecule has 3 aromatic carbocycles. The van der Waals surface area contributed by atoms with Gasteiger partial charge in [-0.05, 0) is 48.0 Å². The maximum atomic E-state index is 13.4. The molecule has 3 aromatic rings. The number of benzene rings is 3. The van der Waals surface area contributed by atoms with Gasteiger partial charge in [-0.15, -0.1) is 0 Å². The molecule has 27 heavy (non-hydrogen) atoms. The molecule has 136 valence electrons. The Morgan fingerprint density at radius 1 is 0.852 bits per heavy atom. The van der Waals surface area contributed by atoms with E-state index in [2.05, 4.69) is 0 Å². The molecule has 0 aliphatic carbocycles. The van der Waals surface area contributed by atoms with Crippen molar-refractivity contribution in [2.75, 3.05) is 9.96 Å². The molecule has 0 N–H and O–H groups in total. The molecule has 1 fully saturated rings. The summed E-state index contributed by atoms with van der Waals surface area (Å²) >= 11 is 12.1. The van der Waals surface area contributed by atoms with Gasteiger partial charge in [0, 0.05) is 0 Å². The van der Waals surface area contributed by atoms with Crippen LogP contribution in [-0.2, 0) is 4.84 Å². The topological polar surface area (TPSA) is 32.8 Å². The van der Waals surface area contributed by atoms with Crippen molar-refractivity contribution in [3.8, 4) is 0 Å². The molecule has 1 atom stereocenters. The van der Waals surface area contributed by atoms with Crippen molar-refractivity contribution in [3.05, 3.63) is 94.2 Å². The first-order chi connectivity index (χ1) is 13.0. The molecule has 0 aromatic heterocycles. The lowest BCUT2D eigenvalue weighted by Crippen LogP contribution is -2.31. The minimum atomic E-state index is -0.641. The fraction of sp³-hybridized carbons (Fsp3) is 0.0500. The Morgan fingerprint density at radius 2 is 1.56 bits per heavy atom. The Kier molecular flexibility index (Phi) is 4.64. The summed E-state index contributed by atoms with van der Waals surface area (Å²) in [6.45, 7) is 0. The van der Waals surface area contributed by atoms with Gasteiger partial charge < -0.3 is 4.84 Å². The molecule has 4 rings (SSSR count). The molecule has 0 unspecified atom stereocenters. The Hall–Kier alpha value is -2.76. The number of carbonyl (C=O) groups excluding carboxylic acids is 1. The second-order valence-corrected chi connectivity index (χ2v) is 6.73. The highest BCUT2D eigenvalue weighted by molar-refractivity contribution is 6.42. The van der Waals surface area contributed by atoms with E-state index < -0.39 is 12.3 Å². The first-order valence-electron chi connectivity index (χ1n) is 8.10. The Morgan fingerprint density at radius 3 is 2.22 bits per heavy atom. The summed E-state index contributed by atoms with van der Waals surface area (Å²) in [5.74, 6) is -0.364. The van der Waals surface area contributed by atoms with E-state index in [1.165, 1.54) is 22.1 Å². The van der Waals surface area contributed by atoms with Crippen LogP contribution in [0.2, 0.25) is 10.0 Å². The van der Waals surface area contributed by atoms with Crippen LogP contribution in [0.15, 0.2) is 72.8 Å². The van der Waals surface area contributed by atoms with Gasteiger partial charge in [-0.25, -0.2) is 14.1 Å². The predicted octanol–water partition coefficient (Wildman–Crippen LogP) is 6.21. The van der Waals surface area contributed by atoms with Crippen molar-refractivity contribution >= 4 is 40.7 Å². The highest BCUT2D eigenvalue weighted by Gasteiger charge is 2.43. The van der Waals surface area contributed by atoms with Gasteiger partial charge in [0.2, 0.25) is 0 Å². The monoisotopic (exact) mass is 402 g/mol. The molecule has 0 saturated carbocycles. The van der Waals surface area contributed by atoms with Gasteiger partial charge in [-0.3, -0.25) is 0 Å². The molecule has 7 heteroatoms. The average molecular weight is 403 g/mol. The summed E-state index contributed by atoms with van der Waals surface area (Å²) in [5.41, 5.74) is 1.88. The second-order valence-electron chi connectivity index (χ2n) is 5.91. The molecular weight excluding hydrogens is 390 g/mol. The summed E-state index contributed by atoms with van der Waals surface area (Å²) in [6, 6.07) is 20.0. The summed E-state index contributed by atoms with van der Waals surface area (Å²) < 4.78 is 13.4. The first-order valence-corrected chi connectivity index (χ1v) is 8.86. The van der Waals surface area contributed by atoms with Crippen LogP contribution in [0.5, 0.6) is 0 Å². The van der Waals surface area contributed by atoms with Gasteiger partial charge in [0.05, 0.1) is 21.4 Å². The Balaban J connectivity index is 1.84. The maximum Gasteiger partial charge on any atom is 0.440 e. The van der Waals surface area contributed by atoms with Crippen LogP contribution < -0.4 is 9.96 Å². The number of para-hydroxylation sites is 1. The normalized spacial score (nSPS) is 16.6. The Bertz CT molecular complexity index is 983. The van der Waals surface area contributed by atoms with E-state index in [1.54, 1.807) is 30.3 Å². The van der Waals surface area contributed by atoms with E-state index >= 15 is 0 Å². The van der Waals surface area contributed by atoms with Crippen LogP contribution in [0.4, 0.5) is 20.6 Å². The number of halogens is 3. The van der Waals surface area contributed by atoms with Crippen molar-refractivity contribution < 1.29 is 14.0 Å². The molecule has 4 nitrogen and oxygen atoms in total. The molecular formula is C20H13Cl2FN2O2. The van der Waals surface area contributed by atoms with Crippen LogP contribution in [-0.4, -0.2) is 6.09 Å². The minimum absolute atomic E-state index is 0.318. The number of carbonyl (C=O) groups is 1. The van der Waals surface area contributed by atoms with E-state index in [1.807, 2.05) is 30.3 Å². The van der Waals surface area contributed by atoms with Crippen LogP contribution in [0.3, 0.4) is 0 Å². The van der Waals surface area contributed by atoms with E-state index in [0.717, 1.165) is 0 Å². The van der Waals surface area contributed by atoms with E-state index in [-0.39, 0.29) is 5.82 Å². The number of rotatable bonds is 3. The van der Waals surface area contributed by atoms with Gasteiger partial charge in [0.15, 0.2) is 6.17 Å². The predicted molar refractivity (Wildman–Crippen MR) is 103 cm³/mol. The lowest BCUT2D eigenvalue weighted by molar-refractivity contribution is 0.164. The quantitative estimate of drug-likeness (QED) is 0.521. The molecule has 1 amide bonds. The largest absolute Gasteiger partial charge is 0.440 e. The minimum Gasteiger partial charge on any atom is -0.319 e. The standard InChI is InChI=1S/C20H13Cl2FN2O2/c21-17-11-10-16(12-18(17)22)24-19(13-6-8-14(23)9-7-13)25(27-20(24)26)15-4-2-1-3-5-15/h1-12,19H/t19-/m0/s1. The highest BCUT2D eigenvalue weighted by atomic mass is 35.5. The Labute approximate surface area is 165 Å². The van der Waals surface area contributed by atoms with Gasteiger partial charge in [0.25, 0.3) is 0 Å². The summed E-state index contributed by atoms with van der Waals surface area (Å²) in [7, 11) is 0. The van der Waals surface area contributed by atoms with Crippen molar-refractivity contribution in [3.63, 3.8) is 0 Å². The third-order valence-electron chi connectivity index (χ3n) is 4.20. The fourth-order valence-corrected chi connectivity index (χ4v) is 3.24. The lowest BCUT2D eigenvalue weighted by Gasteiger charge is -2.27.